The van der Waals surface area contributed by atoms with E-state index in [0.717, 1.165) is 0 Å². The highest BCUT2D eigenvalue weighted by molar-refractivity contribution is 7.81. The van der Waals surface area contributed by atoms with E-state index in [1.807, 2.05) is 0 Å². The summed E-state index contributed by atoms with van der Waals surface area (Å²) >= 11 is 3.73. The standard InChI is InChI=1S/C9H17NO4S/c1-9(2,3)14-8(12)10-4-5-13-7(11)6-15/h15H,4-6H2,1-3H3,(H,10,12). The van der Waals surface area contributed by atoms with Crippen molar-refractivity contribution in [1.29, 1.82) is 0 Å². The SMILES string of the molecule is CC(C)(C)OC(=O)NCCOC(=O)CS. The highest BCUT2D eigenvalue weighted by Crippen LogP contribution is 2.05. The van der Waals surface area contributed by atoms with Gasteiger partial charge in [0.2, 0.25) is 0 Å². The fourth-order valence-electron chi connectivity index (χ4n) is 0.678. The van der Waals surface area contributed by atoms with Crippen molar-refractivity contribution in [2.24, 2.45) is 0 Å². The molecule has 1 N–H and O–H groups in total. The van der Waals surface area contributed by atoms with Crippen LogP contribution in [0.3, 0.4) is 0 Å². The van der Waals surface area contributed by atoms with Gasteiger partial charge in [0.1, 0.15) is 12.2 Å². The van der Waals surface area contributed by atoms with Crippen LogP contribution in [0.25, 0.3) is 0 Å². The number of amides is 1. The molecule has 0 rings (SSSR count). The van der Waals surface area contributed by atoms with E-state index in [-0.39, 0.29) is 18.9 Å². The van der Waals surface area contributed by atoms with Crippen molar-refractivity contribution in [3.63, 3.8) is 0 Å². The van der Waals surface area contributed by atoms with Gasteiger partial charge in [0.05, 0.1) is 12.3 Å². The molecular weight excluding hydrogens is 218 g/mol. The summed E-state index contributed by atoms with van der Waals surface area (Å²) in [6.45, 7) is 5.67. The number of rotatable bonds is 4. The van der Waals surface area contributed by atoms with E-state index in [9.17, 15) is 9.59 Å². The molecule has 15 heavy (non-hydrogen) atoms. The van der Waals surface area contributed by atoms with Gasteiger partial charge in [-0.05, 0) is 20.8 Å². The van der Waals surface area contributed by atoms with Crippen molar-refractivity contribution in [1.82, 2.24) is 5.32 Å². The molecule has 0 unspecified atom stereocenters. The van der Waals surface area contributed by atoms with Gasteiger partial charge in [-0.2, -0.15) is 12.6 Å². The molecule has 5 nitrogen and oxygen atoms in total. The molecule has 0 heterocycles. The van der Waals surface area contributed by atoms with Crippen molar-refractivity contribution in [2.45, 2.75) is 26.4 Å². The Morgan fingerprint density at radius 2 is 1.93 bits per heavy atom. The Bertz CT molecular complexity index is 225. The van der Waals surface area contributed by atoms with Gasteiger partial charge in [-0.1, -0.05) is 0 Å². The minimum atomic E-state index is -0.524. The topological polar surface area (TPSA) is 64.6 Å². The van der Waals surface area contributed by atoms with Crippen molar-refractivity contribution < 1.29 is 19.1 Å². The predicted molar refractivity (Wildman–Crippen MR) is 59.0 cm³/mol. The Morgan fingerprint density at radius 1 is 1.33 bits per heavy atom. The highest BCUT2D eigenvalue weighted by Gasteiger charge is 2.15. The van der Waals surface area contributed by atoms with Crippen LogP contribution in [0.1, 0.15) is 20.8 Å². The van der Waals surface area contributed by atoms with Crippen LogP contribution in [0.15, 0.2) is 0 Å². The smallest absolute Gasteiger partial charge is 0.407 e. The third-order valence-electron chi connectivity index (χ3n) is 1.16. The summed E-state index contributed by atoms with van der Waals surface area (Å²) < 4.78 is 9.65. The normalized spacial score (nSPS) is 10.7. The largest absolute Gasteiger partial charge is 0.463 e. The summed E-state index contributed by atoms with van der Waals surface area (Å²) in [5, 5.41) is 2.46. The lowest BCUT2D eigenvalue weighted by molar-refractivity contribution is -0.140. The zero-order valence-corrected chi connectivity index (χ0v) is 10.1. The summed E-state index contributed by atoms with van der Waals surface area (Å²) in [5.74, 6) is -0.379. The Balaban J connectivity index is 3.52. The summed E-state index contributed by atoms with van der Waals surface area (Å²) in [6, 6.07) is 0. The molecule has 0 aromatic heterocycles. The van der Waals surface area contributed by atoms with E-state index >= 15 is 0 Å². The van der Waals surface area contributed by atoms with Crippen molar-refractivity contribution in [3.05, 3.63) is 0 Å². The summed E-state index contributed by atoms with van der Waals surface area (Å²) in [4.78, 5) is 21.7. The van der Waals surface area contributed by atoms with E-state index in [1.165, 1.54) is 0 Å². The first-order chi connectivity index (χ1) is 6.85. The van der Waals surface area contributed by atoms with Crippen molar-refractivity contribution in [3.8, 4) is 0 Å². The molecule has 0 aromatic rings. The molecule has 1 amide bonds. The first-order valence-electron chi connectivity index (χ1n) is 4.58. The number of hydrogen-bond donors (Lipinski definition) is 2. The molecule has 0 saturated heterocycles. The van der Waals surface area contributed by atoms with Crippen LogP contribution in [0.5, 0.6) is 0 Å². The number of alkyl carbamates (subject to hydrolysis) is 1. The lowest BCUT2D eigenvalue weighted by Crippen LogP contribution is -2.34. The van der Waals surface area contributed by atoms with Crippen LogP contribution < -0.4 is 5.32 Å². The van der Waals surface area contributed by atoms with Crippen LogP contribution in [0.2, 0.25) is 0 Å². The molecule has 6 heteroatoms. The molecule has 88 valence electrons. The molecule has 0 fully saturated rings. The first kappa shape index (κ1) is 14.1. The second kappa shape index (κ2) is 6.55. The monoisotopic (exact) mass is 235 g/mol. The molecule has 0 aromatic carbocycles. The Labute approximate surface area is 94.9 Å². The maximum absolute atomic E-state index is 11.1. The van der Waals surface area contributed by atoms with E-state index < -0.39 is 17.7 Å². The molecular formula is C9H17NO4S. The third kappa shape index (κ3) is 9.40. The molecule has 0 aliphatic heterocycles. The lowest BCUT2D eigenvalue weighted by atomic mass is 10.2. The number of thiol groups is 1. The Morgan fingerprint density at radius 3 is 2.40 bits per heavy atom. The molecule has 0 saturated carbocycles. The summed E-state index contributed by atoms with van der Waals surface area (Å²) in [5.41, 5.74) is -0.522. The second-order valence-corrected chi connectivity index (χ2v) is 4.12. The van der Waals surface area contributed by atoms with Crippen molar-refractivity contribution in [2.75, 3.05) is 18.9 Å². The minimum absolute atomic E-state index is 0.0342. The number of ether oxygens (including phenoxy) is 2. The van der Waals surface area contributed by atoms with Gasteiger partial charge in [0.25, 0.3) is 0 Å². The lowest BCUT2D eigenvalue weighted by Gasteiger charge is -2.19. The molecule has 0 atom stereocenters. The molecule has 0 aliphatic rings. The average molecular weight is 235 g/mol. The van der Waals surface area contributed by atoms with Crippen LogP contribution in [0.4, 0.5) is 4.79 Å². The van der Waals surface area contributed by atoms with Gasteiger partial charge >= 0.3 is 12.1 Å². The van der Waals surface area contributed by atoms with E-state index in [0.29, 0.717) is 0 Å². The van der Waals surface area contributed by atoms with Gasteiger partial charge in [-0.15, -0.1) is 0 Å². The Hall–Kier alpha value is -0.910. The number of nitrogens with one attached hydrogen (secondary N) is 1. The third-order valence-corrected chi connectivity index (χ3v) is 1.42. The van der Waals surface area contributed by atoms with Crippen LogP contribution in [0, 0.1) is 0 Å². The van der Waals surface area contributed by atoms with Crippen LogP contribution >= 0.6 is 12.6 Å². The zero-order valence-electron chi connectivity index (χ0n) is 9.20. The van der Waals surface area contributed by atoms with Crippen LogP contribution in [-0.2, 0) is 14.3 Å². The predicted octanol–water partition coefficient (Wildman–Crippen LogP) is 0.984. The number of carbonyl (C=O) groups excluding carboxylic acids is 2. The van der Waals surface area contributed by atoms with Gasteiger partial charge < -0.3 is 14.8 Å². The van der Waals surface area contributed by atoms with Gasteiger partial charge in [-0.3, -0.25) is 4.79 Å². The summed E-state index contributed by atoms with van der Waals surface area (Å²) in [7, 11) is 0. The fourth-order valence-corrected chi connectivity index (χ4v) is 0.769. The number of esters is 1. The van der Waals surface area contributed by atoms with E-state index in [4.69, 9.17) is 4.74 Å². The second-order valence-electron chi connectivity index (χ2n) is 3.81. The quantitative estimate of drug-likeness (QED) is 0.433. The number of hydrogen-bond acceptors (Lipinski definition) is 5. The highest BCUT2D eigenvalue weighted by atomic mass is 32.1. The molecule has 0 radical (unpaired) electrons. The van der Waals surface area contributed by atoms with E-state index in [1.54, 1.807) is 20.8 Å². The molecule has 0 aliphatic carbocycles. The zero-order chi connectivity index (χ0) is 11.9. The minimum Gasteiger partial charge on any atom is -0.463 e. The van der Waals surface area contributed by atoms with Gasteiger partial charge in [0, 0.05) is 0 Å². The fraction of sp³-hybridized carbons (Fsp3) is 0.778. The maximum Gasteiger partial charge on any atom is 0.407 e. The van der Waals surface area contributed by atoms with Crippen molar-refractivity contribution >= 4 is 24.7 Å². The molecule has 0 bridgehead atoms. The average Bonchev–Trinajstić information content (AvgIpc) is 2.09. The summed E-state index contributed by atoms with van der Waals surface area (Å²) in [6.07, 6.45) is -0.524. The maximum atomic E-state index is 11.1. The van der Waals surface area contributed by atoms with Gasteiger partial charge in [0.15, 0.2) is 0 Å². The first-order valence-corrected chi connectivity index (χ1v) is 5.22. The van der Waals surface area contributed by atoms with Gasteiger partial charge in [-0.25, -0.2) is 4.79 Å². The van der Waals surface area contributed by atoms with E-state index in [2.05, 4.69) is 22.7 Å². The number of carbonyl (C=O) groups is 2. The Kier molecular flexibility index (Phi) is 6.15. The van der Waals surface area contributed by atoms with Crippen LogP contribution in [-0.4, -0.2) is 36.6 Å². The molecule has 0 spiro atoms.